The first-order chi connectivity index (χ1) is 16.0. The van der Waals surface area contributed by atoms with Gasteiger partial charge in [-0.1, -0.05) is 32.3 Å². The predicted octanol–water partition coefficient (Wildman–Crippen LogP) is 5.90. The number of allylic oxidation sites excluding steroid dienone is 2. The van der Waals surface area contributed by atoms with Gasteiger partial charge in [-0.2, -0.15) is 0 Å². The molecule has 2 aromatic heterocycles. The van der Waals surface area contributed by atoms with Crippen molar-refractivity contribution in [2.45, 2.75) is 109 Å². The van der Waals surface area contributed by atoms with Crippen LogP contribution in [0.3, 0.4) is 0 Å². The number of carbonyl (C=O) groups excluding carboxylic acids is 1. The molecule has 4 rings (SSSR count). The van der Waals surface area contributed by atoms with Crippen LogP contribution in [0.2, 0.25) is 0 Å². The molecule has 0 bridgehead atoms. The molecule has 0 radical (unpaired) electrons. The number of rotatable bonds is 9. The molecule has 1 saturated carbocycles. The lowest BCUT2D eigenvalue weighted by atomic mass is 9.83. The van der Waals surface area contributed by atoms with Gasteiger partial charge in [0.25, 0.3) is 0 Å². The molecule has 6 heteroatoms. The van der Waals surface area contributed by atoms with Crippen molar-refractivity contribution in [1.82, 2.24) is 14.6 Å². The Morgan fingerprint density at radius 1 is 1.24 bits per heavy atom. The minimum Gasteiger partial charge on any atom is -0.393 e. The quantitative estimate of drug-likeness (QED) is 0.463. The third-order valence-corrected chi connectivity index (χ3v) is 7.61. The molecule has 0 amide bonds. The number of ketones is 1. The second kappa shape index (κ2) is 10.8. The monoisotopic (exact) mass is 452 g/mol. The van der Waals surface area contributed by atoms with Gasteiger partial charge in [0.2, 0.25) is 5.95 Å². The van der Waals surface area contributed by atoms with Crippen LogP contribution in [0.5, 0.6) is 0 Å². The van der Waals surface area contributed by atoms with Crippen molar-refractivity contribution in [3.8, 4) is 0 Å². The summed E-state index contributed by atoms with van der Waals surface area (Å²) in [6, 6.07) is 2.64. The van der Waals surface area contributed by atoms with Gasteiger partial charge in [-0.3, -0.25) is 4.79 Å². The van der Waals surface area contributed by atoms with Gasteiger partial charge in [-0.15, -0.1) is 5.10 Å². The van der Waals surface area contributed by atoms with Crippen LogP contribution in [-0.2, 0) is 4.79 Å². The maximum Gasteiger partial charge on any atom is 0.241 e. The van der Waals surface area contributed by atoms with Crippen LogP contribution in [0.1, 0.15) is 109 Å². The summed E-state index contributed by atoms with van der Waals surface area (Å²) in [5.74, 6) is 1.53. The van der Waals surface area contributed by atoms with Gasteiger partial charge in [0.05, 0.1) is 17.8 Å². The van der Waals surface area contributed by atoms with Gasteiger partial charge in [-0.25, -0.2) is 9.50 Å². The molecule has 2 aromatic rings. The molecular weight excluding hydrogens is 412 g/mol. The van der Waals surface area contributed by atoms with E-state index in [-0.39, 0.29) is 12.0 Å². The van der Waals surface area contributed by atoms with Crippen molar-refractivity contribution >= 4 is 22.8 Å². The summed E-state index contributed by atoms with van der Waals surface area (Å²) >= 11 is 0. The van der Waals surface area contributed by atoms with Crippen molar-refractivity contribution in [3.63, 3.8) is 0 Å². The Kier molecular flexibility index (Phi) is 7.84. The number of aromatic nitrogens is 3. The maximum atomic E-state index is 11.8. The van der Waals surface area contributed by atoms with Crippen molar-refractivity contribution in [2.24, 2.45) is 5.92 Å². The smallest absolute Gasteiger partial charge is 0.241 e. The molecule has 2 aliphatic carbocycles. The van der Waals surface area contributed by atoms with Crippen LogP contribution in [0.15, 0.2) is 18.3 Å². The zero-order valence-electron chi connectivity index (χ0n) is 20.5. The molecule has 1 unspecified atom stereocenters. The molecule has 2 N–H and O–H groups in total. The first-order valence-corrected chi connectivity index (χ1v) is 13.0. The molecule has 33 heavy (non-hydrogen) atoms. The number of fused-ring (bicyclic) bond motifs is 1. The van der Waals surface area contributed by atoms with Gasteiger partial charge in [-0.05, 0) is 76.9 Å². The Morgan fingerprint density at radius 3 is 2.70 bits per heavy atom. The van der Waals surface area contributed by atoms with Crippen LogP contribution in [0.25, 0.3) is 11.1 Å². The highest BCUT2D eigenvalue weighted by atomic mass is 16.3. The number of aliphatic hydroxyl groups excluding tert-OH is 1. The molecule has 180 valence electrons. The van der Waals surface area contributed by atoms with E-state index in [2.05, 4.69) is 40.8 Å². The van der Waals surface area contributed by atoms with Gasteiger partial charge in [0.15, 0.2) is 0 Å². The van der Waals surface area contributed by atoms with Gasteiger partial charge >= 0.3 is 0 Å². The summed E-state index contributed by atoms with van der Waals surface area (Å²) in [6.45, 7) is 6.14. The summed E-state index contributed by atoms with van der Waals surface area (Å²) < 4.78 is 2.10. The first-order valence-electron chi connectivity index (χ1n) is 13.0. The average Bonchev–Trinajstić information content (AvgIpc) is 3.18. The van der Waals surface area contributed by atoms with Crippen LogP contribution in [-0.4, -0.2) is 37.6 Å². The van der Waals surface area contributed by atoms with E-state index in [1.54, 1.807) is 6.92 Å². The maximum absolute atomic E-state index is 11.8. The van der Waals surface area contributed by atoms with Crippen LogP contribution in [0.4, 0.5) is 5.95 Å². The minimum atomic E-state index is -0.174. The second-order valence-electron chi connectivity index (χ2n) is 10.2. The molecule has 0 aliphatic heterocycles. The lowest BCUT2D eigenvalue weighted by molar-refractivity contribution is -0.120. The third kappa shape index (κ3) is 5.65. The largest absolute Gasteiger partial charge is 0.393 e. The number of Topliss-reactive ketones (excluding diaryl/α,β-unsaturated/α-hetero) is 1. The molecule has 0 aromatic carbocycles. The van der Waals surface area contributed by atoms with Gasteiger partial charge < -0.3 is 10.4 Å². The normalized spacial score (nSPS) is 24.5. The zero-order valence-corrected chi connectivity index (χ0v) is 20.5. The van der Waals surface area contributed by atoms with Crippen molar-refractivity contribution in [1.29, 1.82) is 0 Å². The predicted molar refractivity (Wildman–Crippen MR) is 133 cm³/mol. The number of nitrogens with zero attached hydrogens (tertiary/aromatic N) is 3. The number of anilines is 1. The van der Waals surface area contributed by atoms with Crippen LogP contribution >= 0.6 is 0 Å². The van der Waals surface area contributed by atoms with E-state index in [0.29, 0.717) is 23.7 Å². The van der Waals surface area contributed by atoms with E-state index >= 15 is 0 Å². The zero-order chi connectivity index (χ0) is 23.4. The van der Waals surface area contributed by atoms with E-state index in [1.807, 2.05) is 6.20 Å². The lowest BCUT2D eigenvalue weighted by Crippen LogP contribution is -2.20. The summed E-state index contributed by atoms with van der Waals surface area (Å²) in [5, 5.41) is 18.5. The molecular formula is C27H40N4O2. The lowest BCUT2D eigenvalue weighted by Gasteiger charge is -2.25. The highest BCUT2D eigenvalue weighted by molar-refractivity contribution is 5.83. The van der Waals surface area contributed by atoms with Crippen molar-refractivity contribution in [2.75, 3.05) is 5.32 Å². The number of aliphatic hydroxyl groups is 1. The molecule has 6 nitrogen and oxygen atoms in total. The summed E-state index contributed by atoms with van der Waals surface area (Å²) in [5.41, 5.74) is 4.79. The highest BCUT2D eigenvalue weighted by Crippen LogP contribution is 2.39. The van der Waals surface area contributed by atoms with Crippen molar-refractivity contribution < 1.29 is 9.90 Å². The number of nitrogens with one attached hydrogen (secondary N) is 1. The first kappa shape index (κ1) is 23.9. The van der Waals surface area contributed by atoms with E-state index < -0.39 is 0 Å². The Labute approximate surface area is 197 Å². The molecule has 2 aliphatic rings. The summed E-state index contributed by atoms with van der Waals surface area (Å²) in [6.07, 6.45) is 15.2. The van der Waals surface area contributed by atoms with E-state index in [1.165, 1.54) is 36.1 Å². The minimum absolute atomic E-state index is 0.156. The fourth-order valence-electron chi connectivity index (χ4n) is 5.44. The molecule has 0 saturated heterocycles. The Hall–Kier alpha value is -2.21. The second-order valence-corrected chi connectivity index (χ2v) is 10.2. The average molecular weight is 453 g/mol. The van der Waals surface area contributed by atoms with E-state index in [0.717, 1.165) is 56.9 Å². The van der Waals surface area contributed by atoms with E-state index in [4.69, 9.17) is 5.10 Å². The summed E-state index contributed by atoms with van der Waals surface area (Å²) in [4.78, 5) is 16.5. The molecule has 2 atom stereocenters. The Balaban J connectivity index is 1.64. The number of hydrogen-bond donors (Lipinski definition) is 2. The molecule has 2 heterocycles. The summed E-state index contributed by atoms with van der Waals surface area (Å²) in [7, 11) is 0. The molecule has 0 spiro atoms. The SMILES string of the molecule is CCCCC[C@H](C)Nc1ncc2c(C3=CCC(C(C)=O)CC3)cc(C3CCC(O)CC3)n2n1. The van der Waals surface area contributed by atoms with Crippen molar-refractivity contribution in [3.05, 3.63) is 29.6 Å². The fourth-order valence-corrected chi connectivity index (χ4v) is 5.44. The highest BCUT2D eigenvalue weighted by Gasteiger charge is 2.27. The third-order valence-electron chi connectivity index (χ3n) is 7.61. The Morgan fingerprint density at radius 2 is 2.03 bits per heavy atom. The van der Waals surface area contributed by atoms with Crippen LogP contribution < -0.4 is 5.32 Å². The Bertz CT molecular complexity index is 987. The number of carbonyl (C=O) groups is 1. The standard InChI is InChI=1S/C27H40N4O2/c1-4-5-6-7-18(2)29-27-28-17-26-24(21-10-8-20(9-11-21)19(3)32)16-25(31(26)30-27)22-12-14-23(33)15-13-22/h10,16-18,20,22-23,33H,4-9,11-15H2,1-3H3,(H,29,30)/t18-,20?,22?,23?/m0/s1. The number of hydrogen-bond acceptors (Lipinski definition) is 5. The number of unbranched alkanes of at least 4 members (excludes halogenated alkanes) is 2. The van der Waals surface area contributed by atoms with Gasteiger partial charge in [0, 0.05) is 29.1 Å². The molecule has 1 fully saturated rings. The van der Waals surface area contributed by atoms with Crippen LogP contribution in [0, 0.1) is 5.92 Å². The fraction of sp³-hybridized carbons (Fsp3) is 0.667. The topological polar surface area (TPSA) is 79.5 Å². The van der Waals surface area contributed by atoms with E-state index in [9.17, 15) is 9.90 Å². The van der Waals surface area contributed by atoms with Gasteiger partial charge in [0.1, 0.15) is 5.78 Å².